The molecule has 6 nitrogen and oxygen atoms in total. The van der Waals surface area contributed by atoms with Gasteiger partial charge in [-0.1, -0.05) is 0 Å². The van der Waals surface area contributed by atoms with E-state index in [0.29, 0.717) is 6.04 Å². The van der Waals surface area contributed by atoms with Gasteiger partial charge in [-0.25, -0.2) is 4.79 Å². The Morgan fingerprint density at radius 3 is 2.71 bits per heavy atom. The van der Waals surface area contributed by atoms with Gasteiger partial charge in [-0.2, -0.15) is 0 Å². The van der Waals surface area contributed by atoms with Gasteiger partial charge in [0.25, 0.3) is 0 Å². The summed E-state index contributed by atoms with van der Waals surface area (Å²) in [5, 5.41) is 8.17. The van der Waals surface area contributed by atoms with Gasteiger partial charge < -0.3 is 10.6 Å². The Kier molecular flexibility index (Phi) is 5.37. The predicted molar refractivity (Wildman–Crippen MR) is 65.7 cm³/mol. The van der Waals surface area contributed by atoms with Gasteiger partial charge in [0.1, 0.15) is 0 Å². The summed E-state index contributed by atoms with van der Waals surface area (Å²) >= 11 is 0. The Labute approximate surface area is 102 Å². The minimum absolute atomic E-state index is 0.0274. The molecule has 1 rings (SSSR count). The summed E-state index contributed by atoms with van der Waals surface area (Å²) in [5.41, 5.74) is 0. The van der Waals surface area contributed by atoms with Crippen molar-refractivity contribution in [1.82, 2.24) is 20.9 Å². The lowest BCUT2D eigenvalue weighted by molar-refractivity contribution is -0.121. The van der Waals surface area contributed by atoms with E-state index in [1.165, 1.54) is 0 Å². The van der Waals surface area contributed by atoms with Crippen LogP contribution in [0.5, 0.6) is 0 Å². The van der Waals surface area contributed by atoms with Crippen molar-refractivity contribution >= 4 is 11.9 Å². The Hall–Kier alpha value is -1.14. The number of hydrogen-bond acceptors (Lipinski definition) is 4. The number of carbonyl (C=O) groups is 2. The number of hydrogen-bond donors (Lipinski definition) is 3. The molecule has 0 spiro atoms. The molecule has 0 aromatic carbocycles. The van der Waals surface area contributed by atoms with E-state index in [1.54, 1.807) is 0 Å². The van der Waals surface area contributed by atoms with Crippen LogP contribution in [0.1, 0.15) is 20.3 Å². The quantitative estimate of drug-likeness (QED) is 0.622. The lowest BCUT2D eigenvalue weighted by Gasteiger charge is -2.22. The van der Waals surface area contributed by atoms with Gasteiger partial charge in [-0.15, -0.1) is 0 Å². The van der Waals surface area contributed by atoms with E-state index in [-0.39, 0.29) is 18.5 Å². The first-order valence-electron chi connectivity index (χ1n) is 6.00. The number of imide groups is 1. The Balaban J connectivity index is 2.26. The fourth-order valence-electron chi connectivity index (χ4n) is 1.84. The van der Waals surface area contributed by atoms with Gasteiger partial charge >= 0.3 is 6.03 Å². The molecule has 6 heteroatoms. The van der Waals surface area contributed by atoms with E-state index in [9.17, 15) is 9.59 Å². The van der Waals surface area contributed by atoms with E-state index in [0.717, 1.165) is 19.5 Å². The van der Waals surface area contributed by atoms with Gasteiger partial charge in [-0.3, -0.25) is 15.0 Å². The molecule has 1 saturated heterocycles. The predicted octanol–water partition coefficient (Wildman–Crippen LogP) is -0.486. The summed E-state index contributed by atoms with van der Waals surface area (Å²) in [6.45, 7) is 5.84. The number of likely N-dealkylation sites (N-methyl/N-ethyl adjacent to an activating group) is 1. The maximum atomic E-state index is 11.6. The minimum atomic E-state index is -0.428. The number of amides is 3. The average molecular weight is 242 g/mol. The lowest BCUT2D eigenvalue weighted by atomic mass is 10.2. The third-order valence-corrected chi connectivity index (χ3v) is 2.72. The molecule has 1 aliphatic rings. The van der Waals surface area contributed by atoms with Gasteiger partial charge in [0, 0.05) is 18.6 Å². The number of carbonyl (C=O) groups excluding carboxylic acids is 2. The van der Waals surface area contributed by atoms with Crippen molar-refractivity contribution in [2.45, 2.75) is 32.4 Å². The van der Waals surface area contributed by atoms with Crippen LogP contribution < -0.4 is 16.0 Å². The fourth-order valence-corrected chi connectivity index (χ4v) is 1.84. The van der Waals surface area contributed by atoms with Crippen LogP contribution in [-0.2, 0) is 4.79 Å². The monoisotopic (exact) mass is 242 g/mol. The summed E-state index contributed by atoms with van der Waals surface area (Å²) in [7, 11) is 1.90. The molecule has 3 amide bonds. The van der Waals surface area contributed by atoms with Crippen LogP contribution in [0.4, 0.5) is 4.79 Å². The van der Waals surface area contributed by atoms with Crippen LogP contribution in [0.3, 0.4) is 0 Å². The molecular weight excluding hydrogens is 220 g/mol. The van der Waals surface area contributed by atoms with Crippen molar-refractivity contribution in [1.29, 1.82) is 0 Å². The first-order chi connectivity index (χ1) is 7.99. The molecule has 1 heterocycles. The molecule has 1 unspecified atom stereocenters. The van der Waals surface area contributed by atoms with Gasteiger partial charge in [0.15, 0.2) is 0 Å². The van der Waals surface area contributed by atoms with Crippen LogP contribution in [0.15, 0.2) is 0 Å². The van der Waals surface area contributed by atoms with Crippen molar-refractivity contribution in [3.63, 3.8) is 0 Å². The molecule has 0 radical (unpaired) electrons. The molecule has 0 aromatic rings. The Morgan fingerprint density at radius 2 is 2.18 bits per heavy atom. The third-order valence-electron chi connectivity index (χ3n) is 2.72. The zero-order valence-electron chi connectivity index (χ0n) is 10.7. The second-order valence-corrected chi connectivity index (χ2v) is 4.74. The molecule has 0 aromatic heterocycles. The van der Waals surface area contributed by atoms with Crippen molar-refractivity contribution in [3.05, 3.63) is 0 Å². The number of nitrogens with zero attached hydrogens (tertiary/aromatic N) is 1. The highest BCUT2D eigenvalue weighted by Gasteiger charge is 2.21. The smallest absolute Gasteiger partial charge is 0.321 e. The summed E-state index contributed by atoms with van der Waals surface area (Å²) in [6, 6.07) is -0.0172. The fraction of sp³-hybridized carbons (Fsp3) is 0.818. The van der Waals surface area contributed by atoms with Crippen LogP contribution in [0.25, 0.3) is 0 Å². The van der Waals surface area contributed by atoms with E-state index in [1.807, 2.05) is 25.8 Å². The molecule has 0 bridgehead atoms. The number of nitrogens with one attached hydrogen (secondary N) is 3. The van der Waals surface area contributed by atoms with Gasteiger partial charge in [0.05, 0.1) is 6.54 Å². The molecule has 1 fully saturated rings. The molecule has 1 atom stereocenters. The van der Waals surface area contributed by atoms with Crippen LogP contribution >= 0.6 is 0 Å². The maximum Gasteiger partial charge on any atom is 0.321 e. The number of rotatable bonds is 4. The summed E-state index contributed by atoms with van der Waals surface area (Å²) in [4.78, 5) is 24.8. The normalized spacial score (nSPS) is 19.7. The second-order valence-electron chi connectivity index (χ2n) is 4.74. The molecule has 17 heavy (non-hydrogen) atoms. The molecule has 98 valence electrons. The zero-order chi connectivity index (χ0) is 12.8. The van der Waals surface area contributed by atoms with E-state index >= 15 is 0 Å². The topological polar surface area (TPSA) is 73.5 Å². The highest BCUT2D eigenvalue weighted by Crippen LogP contribution is 2.04. The molecule has 1 aliphatic heterocycles. The van der Waals surface area contributed by atoms with Crippen molar-refractivity contribution in [2.24, 2.45) is 0 Å². The first kappa shape index (κ1) is 13.9. The SMILES string of the molecule is CC(C)NC(=O)NC(=O)CN(C)C1CCNC1. The average Bonchev–Trinajstić information content (AvgIpc) is 2.67. The standard InChI is InChI=1S/C11H22N4O2/c1-8(2)13-11(17)14-10(16)7-15(3)9-4-5-12-6-9/h8-9,12H,4-7H2,1-3H3,(H2,13,14,16,17). The van der Waals surface area contributed by atoms with Crippen molar-refractivity contribution in [3.8, 4) is 0 Å². The van der Waals surface area contributed by atoms with Gasteiger partial charge in [0.2, 0.25) is 5.91 Å². The Morgan fingerprint density at radius 1 is 1.47 bits per heavy atom. The third kappa shape index (κ3) is 5.14. The minimum Gasteiger partial charge on any atom is -0.336 e. The number of urea groups is 1. The summed E-state index contributed by atoms with van der Waals surface area (Å²) in [5.74, 6) is -0.266. The van der Waals surface area contributed by atoms with Crippen molar-refractivity contribution < 1.29 is 9.59 Å². The summed E-state index contributed by atoms with van der Waals surface area (Å²) in [6.07, 6.45) is 1.04. The van der Waals surface area contributed by atoms with E-state index < -0.39 is 6.03 Å². The molecular formula is C11H22N4O2. The molecule has 3 N–H and O–H groups in total. The second kappa shape index (κ2) is 6.56. The van der Waals surface area contributed by atoms with Crippen LogP contribution in [-0.4, -0.2) is 55.6 Å². The maximum absolute atomic E-state index is 11.6. The largest absolute Gasteiger partial charge is 0.336 e. The Bertz CT molecular complexity index is 275. The molecule has 0 saturated carbocycles. The molecule has 0 aliphatic carbocycles. The zero-order valence-corrected chi connectivity index (χ0v) is 10.7. The van der Waals surface area contributed by atoms with Crippen LogP contribution in [0.2, 0.25) is 0 Å². The first-order valence-corrected chi connectivity index (χ1v) is 6.00. The highest BCUT2D eigenvalue weighted by molar-refractivity contribution is 5.95. The highest BCUT2D eigenvalue weighted by atomic mass is 16.2. The van der Waals surface area contributed by atoms with E-state index in [2.05, 4.69) is 16.0 Å². The van der Waals surface area contributed by atoms with E-state index in [4.69, 9.17) is 0 Å². The lowest BCUT2D eigenvalue weighted by Crippen LogP contribution is -2.47. The van der Waals surface area contributed by atoms with Crippen LogP contribution in [0, 0.1) is 0 Å². The van der Waals surface area contributed by atoms with Gasteiger partial charge in [-0.05, 0) is 33.9 Å². The summed E-state index contributed by atoms with van der Waals surface area (Å²) < 4.78 is 0. The van der Waals surface area contributed by atoms with Crippen molar-refractivity contribution in [2.75, 3.05) is 26.7 Å².